The van der Waals surface area contributed by atoms with Crippen molar-refractivity contribution in [2.24, 2.45) is 5.73 Å². The van der Waals surface area contributed by atoms with Crippen molar-refractivity contribution in [1.29, 1.82) is 0 Å². The Kier molecular flexibility index (Phi) is 5.95. The molecule has 0 aliphatic rings. The predicted molar refractivity (Wildman–Crippen MR) is 63.4 cm³/mol. The second-order valence-electron chi connectivity index (χ2n) is 4.93. The van der Waals surface area contributed by atoms with Gasteiger partial charge in [-0.15, -0.1) is 0 Å². The summed E-state index contributed by atoms with van der Waals surface area (Å²) in [6.45, 7) is 6.97. The van der Waals surface area contributed by atoms with Crippen LogP contribution in [-0.2, 0) is 14.3 Å². The van der Waals surface area contributed by atoms with Gasteiger partial charge in [0.1, 0.15) is 11.6 Å². The molecular formula is C11H22N2O4. The van der Waals surface area contributed by atoms with Gasteiger partial charge in [0.15, 0.2) is 0 Å². The molecule has 0 aromatic carbocycles. The van der Waals surface area contributed by atoms with E-state index in [2.05, 4.69) is 10.1 Å². The lowest BCUT2D eigenvalue weighted by Crippen LogP contribution is -2.46. The molecule has 2 atom stereocenters. The van der Waals surface area contributed by atoms with Crippen molar-refractivity contribution in [2.75, 3.05) is 7.11 Å². The average molecular weight is 246 g/mol. The Labute approximate surface area is 102 Å². The van der Waals surface area contributed by atoms with Crippen molar-refractivity contribution in [3.8, 4) is 0 Å². The van der Waals surface area contributed by atoms with E-state index in [0.29, 0.717) is 6.42 Å². The van der Waals surface area contributed by atoms with Gasteiger partial charge in [-0.1, -0.05) is 0 Å². The fraction of sp³-hybridized carbons (Fsp3) is 0.818. The molecule has 0 heterocycles. The molecule has 0 aromatic heterocycles. The summed E-state index contributed by atoms with van der Waals surface area (Å²) in [5, 5.41) is 2.44. The second kappa shape index (κ2) is 6.44. The average Bonchev–Trinajstić information content (AvgIpc) is 2.11. The topological polar surface area (TPSA) is 90.6 Å². The van der Waals surface area contributed by atoms with Crippen molar-refractivity contribution < 1.29 is 19.1 Å². The van der Waals surface area contributed by atoms with Gasteiger partial charge in [0.2, 0.25) is 0 Å². The first kappa shape index (κ1) is 15.7. The van der Waals surface area contributed by atoms with Crippen LogP contribution >= 0.6 is 0 Å². The minimum atomic E-state index is -0.783. The molecule has 100 valence electrons. The number of rotatable bonds is 4. The van der Waals surface area contributed by atoms with Crippen molar-refractivity contribution in [1.82, 2.24) is 5.32 Å². The van der Waals surface area contributed by atoms with Crippen LogP contribution in [0.4, 0.5) is 4.79 Å². The fourth-order valence-electron chi connectivity index (χ4n) is 1.18. The van der Waals surface area contributed by atoms with Gasteiger partial charge >= 0.3 is 12.1 Å². The van der Waals surface area contributed by atoms with E-state index < -0.39 is 23.7 Å². The second-order valence-corrected chi connectivity index (χ2v) is 4.93. The first-order chi connectivity index (χ1) is 7.65. The number of carbonyl (C=O) groups is 2. The molecule has 0 spiro atoms. The lowest BCUT2D eigenvalue weighted by Gasteiger charge is -2.23. The van der Waals surface area contributed by atoms with Gasteiger partial charge in [0.25, 0.3) is 0 Å². The zero-order chi connectivity index (χ0) is 13.6. The van der Waals surface area contributed by atoms with Crippen molar-refractivity contribution >= 4 is 12.1 Å². The molecule has 0 radical (unpaired) electrons. The van der Waals surface area contributed by atoms with E-state index in [1.807, 2.05) is 0 Å². The SMILES string of the molecule is COC(=O)[C@H](CC(C)N)NC(=O)OC(C)(C)C. The summed E-state index contributed by atoms with van der Waals surface area (Å²) in [5.74, 6) is -0.534. The van der Waals surface area contributed by atoms with Crippen LogP contribution in [0, 0.1) is 0 Å². The van der Waals surface area contributed by atoms with Crippen LogP contribution < -0.4 is 11.1 Å². The molecule has 0 saturated carbocycles. The van der Waals surface area contributed by atoms with Crippen LogP contribution in [0.2, 0.25) is 0 Å². The van der Waals surface area contributed by atoms with Crippen molar-refractivity contribution in [3.63, 3.8) is 0 Å². The Bertz CT molecular complexity index is 271. The highest BCUT2D eigenvalue weighted by atomic mass is 16.6. The molecule has 1 unspecified atom stereocenters. The maximum Gasteiger partial charge on any atom is 0.408 e. The fourth-order valence-corrected chi connectivity index (χ4v) is 1.18. The number of nitrogens with one attached hydrogen (secondary N) is 1. The zero-order valence-corrected chi connectivity index (χ0v) is 11.1. The minimum absolute atomic E-state index is 0.228. The Balaban J connectivity index is 4.43. The first-order valence-electron chi connectivity index (χ1n) is 5.48. The minimum Gasteiger partial charge on any atom is -0.467 e. The molecule has 6 nitrogen and oxygen atoms in total. The third-order valence-corrected chi connectivity index (χ3v) is 1.78. The largest absolute Gasteiger partial charge is 0.467 e. The quantitative estimate of drug-likeness (QED) is 0.716. The molecule has 0 aliphatic heterocycles. The summed E-state index contributed by atoms with van der Waals surface area (Å²) in [6, 6.07) is -1.01. The van der Waals surface area contributed by atoms with Gasteiger partial charge in [-0.3, -0.25) is 0 Å². The van der Waals surface area contributed by atoms with Crippen LogP contribution in [0.15, 0.2) is 0 Å². The van der Waals surface area contributed by atoms with Gasteiger partial charge < -0.3 is 20.5 Å². The molecule has 0 saturated heterocycles. The summed E-state index contributed by atoms with van der Waals surface area (Å²) in [6.07, 6.45) is -0.361. The smallest absolute Gasteiger partial charge is 0.408 e. The van der Waals surface area contributed by atoms with E-state index in [0.717, 1.165) is 0 Å². The number of amides is 1. The Morgan fingerprint density at radius 1 is 1.35 bits per heavy atom. The summed E-state index contributed by atoms with van der Waals surface area (Å²) in [7, 11) is 1.26. The standard InChI is InChI=1S/C11H22N2O4/c1-7(12)6-8(9(14)16-5)13-10(15)17-11(2,3)4/h7-8H,6,12H2,1-5H3,(H,13,15)/t7?,8-/m0/s1. The van der Waals surface area contributed by atoms with E-state index in [9.17, 15) is 9.59 Å². The van der Waals surface area contributed by atoms with Crippen LogP contribution in [0.3, 0.4) is 0 Å². The summed E-state index contributed by atoms with van der Waals surface area (Å²) >= 11 is 0. The molecule has 6 heteroatoms. The van der Waals surface area contributed by atoms with E-state index in [1.165, 1.54) is 7.11 Å². The normalized spacial score (nSPS) is 14.7. The highest BCUT2D eigenvalue weighted by Crippen LogP contribution is 2.08. The number of alkyl carbamates (subject to hydrolysis) is 1. The number of methoxy groups -OCH3 is 1. The lowest BCUT2D eigenvalue weighted by atomic mass is 10.1. The summed E-state index contributed by atoms with van der Waals surface area (Å²) in [5.41, 5.74) is 4.98. The molecule has 3 N–H and O–H groups in total. The highest BCUT2D eigenvalue weighted by Gasteiger charge is 2.25. The van der Waals surface area contributed by atoms with Crippen molar-refractivity contribution in [3.05, 3.63) is 0 Å². The van der Waals surface area contributed by atoms with E-state index in [1.54, 1.807) is 27.7 Å². The summed E-state index contributed by atoms with van der Waals surface area (Å²) < 4.78 is 9.63. The molecule has 0 rings (SSSR count). The highest BCUT2D eigenvalue weighted by molar-refractivity contribution is 5.81. The van der Waals surface area contributed by atoms with Gasteiger partial charge in [0, 0.05) is 6.04 Å². The maximum absolute atomic E-state index is 11.5. The molecule has 17 heavy (non-hydrogen) atoms. The number of ether oxygens (including phenoxy) is 2. The number of hydrogen-bond acceptors (Lipinski definition) is 5. The number of nitrogens with two attached hydrogens (primary N) is 1. The van der Waals surface area contributed by atoms with Gasteiger partial charge in [-0.25, -0.2) is 9.59 Å². The van der Waals surface area contributed by atoms with Crippen LogP contribution in [0.5, 0.6) is 0 Å². The zero-order valence-electron chi connectivity index (χ0n) is 11.1. The molecule has 0 aromatic rings. The van der Waals surface area contributed by atoms with Gasteiger partial charge in [-0.05, 0) is 34.1 Å². The molecule has 0 aliphatic carbocycles. The molecular weight excluding hydrogens is 224 g/mol. The van der Waals surface area contributed by atoms with Crippen LogP contribution in [0.25, 0.3) is 0 Å². The van der Waals surface area contributed by atoms with Crippen LogP contribution in [0.1, 0.15) is 34.1 Å². The Morgan fingerprint density at radius 2 is 1.88 bits per heavy atom. The first-order valence-corrected chi connectivity index (χ1v) is 5.48. The Hall–Kier alpha value is -1.30. The van der Waals surface area contributed by atoms with E-state index in [-0.39, 0.29) is 6.04 Å². The van der Waals surface area contributed by atoms with E-state index >= 15 is 0 Å². The maximum atomic E-state index is 11.5. The summed E-state index contributed by atoms with van der Waals surface area (Å²) in [4.78, 5) is 22.9. The van der Waals surface area contributed by atoms with E-state index in [4.69, 9.17) is 10.5 Å². The van der Waals surface area contributed by atoms with Crippen LogP contribution in [-0.4, -0.2) is 36.9 Å². The predicted octanol–water partition coefficient (Wildman–Crippen LogP) is 0.790. The molecule has 0 bridgehead atoms. The number of esters is 1. The number of carbonyl (C=O) groups excluding carboxylic acids is 2. The third kappa shape index (κ3) is 7.57. The monoisotopic (exact) mass is 246 g/mol. The van der Waals surface area contributed by atoms with Gasteiger partial charge in [0.05, 0.1) is 7.11 Å². The lowest BCUT2D eigenvalue weighted by molar-refractivity contribution is -0.143. The van der Waals surface area contributed by atoms with Crippen molar-refractivity contribution in [2.45, 2.75) is 51.8 Å². The number of hydrogen-bond donors (Lipinski definition) is 2. The van der Waals surface area contributed by atoms with Gasteiger partial charge in [-0.2, -0.15) is 0 Å². The molecule has 1 amide bonds. The Morgan fingerprint density at radius 3 is 2.24 bits per heavy atom. The molecule has 0 fully saturated rings. The third-order valence-electron chi connectivity index (χ3n) is 1.78.